The number of furan rings is 1. The molecule has 114 valence electrons. The largest absolute Gasteiger partial charge is 0.472 e. The van der Waals surface area contributed by atoms with E-state index >= 15 is 0 Å². The van der Waals surface area contributed by atoms with Gasteiger partial charge in [0.1, 0.15) is 6.26 Å². The first kappa shape index (κ1) is 14.2. The van der Waals surface area contributed by atoms with Crippen molar-refractivity contribution in [1.82, 2.24) is 19.9 Å². The third kappa shape index (κ3) is 3.69. The number of methoxy groups -OCH3 is 1. The summed E-state index contributed by atoms with van der Waals surface area (Å²) < 4.78 is 15.4. The minimum atomic E-state index is 0.581. The summed E-state index contributed by atoms with van der Waals surface area (Å²) in [4.78, 5) is 9.14. The monoisotopic (exact) mass is 292 g/mol. The summed E-state index contributed by atoms with van der Waals surface area (Å²) in [7, 11) is 1.74. The van der Waals surface area contributed by atoms with Gasteiger partial charge < -0.3 is 13.7 Å². The summed E-state index contributed by atoms with van der Waals surface area (Å²) in [6, 6.07) is 1.82. The fraction of sp³-hybridized carbons (Fsp3) is 0.571. The van der Waals surface area contributed by atoms with Gasteiger partial charge in [-0.15, -0.1) is 0 Å². The van der Waals surface area contributed by atoms with E-state index in [9.17, 15) is 0 Å². The Bertz CT molecular complexity index is 532. The number of hydrogen-bond donors (Lipinski definition) is 0. The maximum atomic E-state index is 5.30. The molecule has 0 saturated carbocycles. The average Bonchev–Trinajstić information content (AvgIpc) is 3.17. The van der Waals surface area contributed by atoms with Crippen LogP contribution in [0, 0.1) is 0 Å². The maximum Gasteiger partial charge on any atom is 0.241 e. The molecule has 1 aliphatic heterocycles. The molecule has 1 fully saturated rings. The van der Waals surface area contributed by atoms with Crippen molar-refractivity contribution in [1.29, 1.82) is 0 Å². The Balaban J connectivity index is 1.49. The van der Waals surface area contributed by atoms with Gasteiger partial charge in [-0.05, 0) is 6.07 Å². The van der Waals surface area contributed by atoms with E-state index in [0.717, 1.165) is 44.9 Å². The third-order valence-corrected chi connectivity index (χ3v) is 3.68. The third-order valence-electron chi connectivity index (χ3n) is 3.68. The minimum Gasteiger partial charge on any atom is -0.472 e. The van der Waals surface area contributed by atoms with E-state index in [1.54, 1.807) is 19.6 Å². The zero-order chi connectivity index (χ0) is 14.5. The SMILES string of the molecule is COCCN1CCN(Cc2nc(-c3ccoc3)no2)CC1. The fourth-order valence-electron chi connectivity index (χ4n) is 2.41. The lowest BCUT2D eigenvalue weighted by molar-refractivity contribution is 0.0883. The summed E-state index contributed by atoms with van der Waals surface area (Å²) in [6.45, 7) is 6.59. The number of ether oxygens (including phenoxy) is 1. The van der Waals surface area contributed by atoms with Crippen molar-refractivity contribution >= 4 is 0 Å². The molecule has 7 heteroatoms. The Morgan fingerprint density at radius 2 is 2.05 bits per heavy atom. The zero-order valence-electron chi connectivity index (χ0n) is 12.2. The van der Waals surface area contributed by atoms with Crippen LogP contribution < -0.4 is 0 Å². The maximum absolute atomic E-state index is 5.30. The van der Waals surface area contributed by atoms with Crippen LogP contribution in [-0.4, -0.2) is 66.4 Å². The normalized spacial score (nSPS) is 17.4. The topological polar surface area (TPSA) is 67.8 Å². The van der Waals surface area contributed by atoms with Crippen molar-refractivity contribution in [3.63, 3.8) is 0 Å². The molecule has 7 nitrogen and oxygen atoms in total. The molecule has 0 spiro atoms. The van der Waals surface area contributed by atoms with E-state index in [1.807, 2.05) is 6.07 Å². The highest BCUT2D eigenvalue weighted by atomic mass is 16.5. The lowest BCUT2D eigenvalue weighted by Crippen LogP contribution is -2.46. The number of piperazine rings is 1. The van der Waals surface area contributed by atoms with Crippen LogP contribution in [0.4, 0.5) is 0 Å². The lowest BCUT2D eigenvalue weighted by Gasteiger charge is -2.33. The fourth-order valence-corrected chi connectivity index (χ4v) is 2.41. The van der Waals surface area contributed by atoms with Crippen LogP contribution in [0.3, 0.4) is 0 Å². The first-order valence-corrected chi connectivity index (χ1v) is 7.14. The molecule has 0 aromatic carbocycles. The van der Waals surface area contributed by atoms with Crippen LogP contribution >= 0.6 is 0 Å². The van der Waals surface area contributed by atoms with Crippen LogP contribution in [0.15, 0.2) is 27.5 Å². The summed E-state index contributed by atoms with van der Waals surface area (Å²) >= 11 is 0. The molecule has 0 bridgehead atoms. The van der Waals surface area contributed by atoms with Crippen LogP contribution in [0.1, 0.15) is 5.89 Å². The molecule has 21 heavy (non-hydrogen) atoms. The van der Waals surface area contributed by atoms with E-state index in [0.29, 0.717) is 18.3 Å². The molecule has 3 rings (SSSR count). The molecule has 2 aromatic heterocycles. The van der Waals surface area contributed by atoms with Crippen molar-refractivity contribution < 1.29 is 13.7 Å². The molecular weight excluding hydrogens is 272 g/mol. The highest BCUT2D eigenvalue weighted by molar-refractivity contribution is 5.51. The summed E-state index contributed by atoms with van der Waals surface area (Å²) in [5, 5.41) is 3.98. The van der Waals surface area contributed by atoms with E-state index in [2.05, 4.69) is 19.9 Å². The van der Waals surface area contributed by atoms with Crippen LogP contribution in [0.25, 0.3) is 11.4 Å². The number of nitrogens with zero attached hydrogens (tertiary/aromatic N) is 4. The van der Waals surface area contributed by atoms with Gasteiger partial charge in [-0.2, -0.15) is 4.98 Å². The number of hydrogen-bond acceptors (Lipinski definition) is 7. The van der Waals surface area contributed by atoms with E-state index in [4.69, 9.17) is 13.7 Å². The highest BCUT2D eigenvalue weighted by Crippen LogP contribution is 2.16. The summed E-state index contributed by atoms with van der Waals surface area (Å²) in [5.41, 5.74) is 0.842. The van der Waals surface area contributed by atoms with Gasteiger partial charge >= 0.3 is 0 Å². The van der Waals surface area contributed by atoms with Gasteiger partial charge in [0, 0.05) is 39.8 Å². The van der Waals surface area contributed by atoms with Crippen LogP contribution in [0.5, 0.6) is 0 Å². The first-order chi connectivity index (χ1) is 10.3. The molecule has 2 aromatic rings. The Morgan fingerprint density at radius 1 is 1.24 bits per heavy atom. The van der Waals surface area contributed by atoms with Gasteiger partial charge in [0.05, 0.1) is 25.0 Å². The first-order valence-electron chi connectivity index (χ1n) is 7.14. The Morgan fingerprint density at radius 3 is 2.76 bits per heavy atom. The van der Waals surface area contributed by atoms with Gasteiger partial charge in [0.25, 0.3) is 0 Å². The highest BCUT2D eigenvalue weighted by Gasteiger charge is 2.19. The molecule has 0 atom stereocenters. The van der Waals surface area contributed by atoms with Crippen molar-refractivity contribution in [2.45, 2.75) is 6.54 Å². The molecule has 1 saturated heterocycles. The molecule has 0 amide bonds. The quantitative estimate of drug-likeness (QED) is 0.789. The lowest BCUT2D eigenvalue weighted by atomic mass is 10.3. The Hall–Kier alpha value is -1.70. The number of rotatable bonds is 6. The van der Waals surface area contributed by atoms with Gasteiger partial charge in [-0.25, -0.2) is 0 Å². The molecular formula is C14H20N4O3. The van der Waals surface area contributed by atoms with E-state index in [-0.39, 0.29) is 0 Å². The Kier molecular flexibility index (Phi) is 4.64. The van der Waals surface area contributed by atoms with Crippen molar-refractivity contribution in [2.24, 2.45) is 0 Å². The smallest absolute Gasteiger partial charge is 0.241 e. The van der Waals surface area contributed by atoms with E-state index < -0.39 is 0 Å². The van der Waals surface area contributed by atoms with Crippen molar-refractivity contribution in [2.75, 3.05) is 46.4 Å². The van der Waals surface area contributed by atoms with E-state index in [1.165, 1.54) is 0 Å². The van der Waals surface area contributed by atoms with Crippen LogP contribution in [0.2, 0.25) is 0 Å². The molecule has 0 N–H and O–H groups in total. The zero-order valence-corrected chi connectivity index (χ0v) is 12.2. The second kappa shape index (κ2) is 6.84. The molecule has 1 aliphatic rings. The molecule has 0 radical (unpaired) electrons. The molecule has 3 heterocycles. The standard InChI is InChI=1S/C14H20N4O3/c1-19-9-7-17-3-5-18(6-4-17)10-13-15-14(16-21-13)12-2-8-20-11-12/h2,8,11H,3-7,9-10H2,1H3. The van der Waals surface area contributed by atoms with Gasteiger partial charge in [0.2, 0.25) is 11.7 Å². The van der Waals surface area contributed by atoms with Crippen molar-refractivity contribution in [3.8, 4) is 11.4 Å². The number of aromatic nitrogens is 2. The van der Waals surface area contributed by atoms with Gasteiger partial charge in [-0.1, -0.05) is 5.16 Å². The molecule has 0 aliphatic carbocycles. The van der Waals surface area contributed by atoms with Crippen molar-refractivity contribution in [3.05, 3.63) is 24.5 Å². The van der Waals surface area contributed by atoms with Gasteiger partial charge in [0.15, 0.2) is 0 Å². The predicted octanol–water partition coefficient (Wildman–Crippen LogP) is 1.09. The second-order valence-corrected chi connectivity index (χ2v) is 5.13. The second-order valence-electron chi connectivity index (χ2n) is 5.13. The van der Waals surface area contributed by atoms with Gasteiger partial charge in [-0.3, -0.25) is 9.80 Å². The minimum absolute atomic E-state index is 0.581. The summed E-state index contributed by atoms with van der Waals surface area (Å²) in [5.74, 6) is 1.23. The Labute approximate surface area is 123 Å². The molecule has 0 unspecified atom stereocenters. The predicted molar refractivity (Wildman–Crippen MR) is 75.6 cm³/mol. The van der Waals surface area contributed by atoms with Crippen LogP contribution in [-0.2, 0) is 11.3 Å². The summed E-state index contributed by atoms with van der Waals surface area (Å²) in [6.07, 6.45) is 3.22. The average molecular weight is 292 g/mol.